The van der Waals surface area contributed by atoms with Crippen molar-refractivity contribution in [2.75, 3.05) is 6.54 Å². The zero-order chi connectivity index (χ0) is 11.5. The molecule has 2 aromatic rings. The SMILES string of the molecule is Cc1cccc2[nH]c(CCC(C)CN)nc12. The second-order valence-corrected chi connectivity index (χ2v) is 4.53. The Labute approximate surface area is 96.1 Å². The maximum absolute atomic E-state index is 5.60. The molecule has 1 unspecified atom stereocenters. The third kappa shape index (κ3) is 2.25. The Hall–Kier alpha value is -1.35. The predicted molar refractivity (Wildman–Crippen MR) is 67.4 cm³/mol. The molecule has 1 atom stereocenters. The van der Waals surface area contributed by atoms with E-state index in [0.717, 1.165) is 36.2 Å². The first-order valence-electron chi connectivity index (χ1n) is 5.85. The number of nitrogens with one attached hydrogen (secondary N) is 1. The lowest BCUT2D eigenvalue weighted by Crippen LogP contribution is -2.11. The van der Waals surface area contributed by atoms with E-state index in [1.165, 1.54) is 5.56 Å². The number of fused-ring (bicyclic) bond motifs is 1. The molecule has 1 heterocycles. The molecule has 0 aliphatic rings. The van der Waals surface area contributed by atoms with Gasteiger partial charge in [-0.2, -0.15) is 0 Å². The molecule has 0 bridgehead atoms. The number of imidazole rings is 1. The summed E-state index contributed by atoms with van der Waals surface area (Å²) < 4.78 is 0. The number of hydrogen-bond donors (Lipinski definition) is 2. The monoisotopic (exact) mass is 217 g/mol. The zero-order valence-electron chi connectivity index (χ0n) is 9.96. The van der Waals surface area contributed by atoms with Crippen LogP contribution in [0.15, 0.2) is 18.2 Å². The molecule has 3 nitrogen and oxygen atoms in total. The molecule has 0 aliphatic heterocycles. The molecule has 86 valence electrons. The highest BCUT2D eigenvalue weighted by Gasteiger charge is 2.06. The van der Waals surface area contributed by atoms with Crippen LogP contribution >= 0.6 is 0 Å². The summed E-state index contributed by atoms with van der Waals surface area (Å²) in [6, 6.07) is 6.22. The third-order valence-corrected chi connectivity index (χ3v) is 3.04. The number of H-pyrrole nitrogens is 1. The molecule has 3 heteroatoms. The van der Waals surface area contributed by atoms with E-state index in [2.05, 4.69) is 42.0 Å². The van der Waals surface area contributed by atoms with E-state index in [4.69, 9.17) is 5.73 Å². The van der Waals surface area contributed by atoms with Gasteiger partial charge in [-0.05, 0) is 37.4 Å². The summed E-state index contributed by atoms with van der Waals surface area (Å²) in [4.78, 5) is 7.99. The van der Waals surface area contributed by atoms with Gasteiger partial charge in [0.05, 0.1) is 11.0 Å². The van der Waals surface area contributed by atoms with Gasteiger partial charge in [0.25, 0.3) is 0 Å². The fraction of sp³-hybridized carbons (Fsp3) is 0.462. The van der Waals surface area contributed by atoms with Crippen LogP contribution in [-0.2, 0) is 6.42 Å². The Balaban J connectivity index is 2.17. The number of aryl methyl sites for hydroxylation is 2. The smallest absolute Gasteiger partial charge is 0.107 e. The van der Waals surface area contributed by atoms with E-state index in [1.807, 2.05) is 0 Å². The van der Waals surface area contributed by atoms with Gasteiger partial charge in [0.15, 0.2) is 0 Å². The maximum atomic E-state index is 5.60. The lowest BCUT2D eigenvalue weighted by molar-refractivity contribution is 0.538. The van der Waals surface area contributed by atoms with Gasteiger partial charge >= 0.3 is 0 Å². The van der Waals surface area contributed by atoms with Crippen molar-refractivity contribution in [2.24, 2.45) is 11.7 Å². The van der Waals surface area contributed by atoms with Gasteiger partial charge in [0.1, 0.15) is 5.82 Å². The average molecular weight is 217 g/mol. The molecular formula is C13H19N3. The molecule has 16 heavy (non-hydrogen) atoms. The molecular weight excluding hydrogens is 198 g/mol. The second kappa shape index (κ2) is 4.66. The van der Waals surface area contributed by atoms with Crippen LogP contribution in [0.4, 0.5) is 0 Å². The summed E-state index contributed by atoms with van der Waals surface area (Å²) in [5, 5.41) is 0. The van der Waals surface area contributed by atoms with Crippen LogP contribution in [0.3, 0.4) is 0 Å². The van der Waals surface area contributed by atoms with Crippen molar-refractivity contribution in [1.82, 2.24) is 9.97 Å². The number of rotatable bonds is 4. The first-order chi connectivity index (χ1) is 7.70. The molecule has 2 rings (SSSR count). The summed E-state index contributed by atoms with van der Waals surface area (Å²) in [7, 11) is 0. The molecule has 0 fully saturated rings. The van der Waals surface area contributed by atoms with E-state index in [0.29, 0.717) is 5.92 Å². The van der Waals surface area contributed by atoms with E-state index >= 15 is 0 Å². The summed E-state index contributed by atoms with van der Waals surface area (Å²) in [5.74, 6) is 1.64. The molecule has 1 aromatic heterocycles. The number of nitrogens with two attached hydrogens (primary N) is 1. The maximum Gasteiger partial charge on any atom is 0.107 e. The van der Waals surface area contributed by atoms with Crippen molar-refractivity contribution in [3.63, 3.8) is 0 Å². The Morgan fingerprint density at radius 1 is 1.44 bits per heavy atom. The van der Waals surface area contributed by atoms with Crippen LogP contribution < -0.4 is 5.73 Å². The fourth-order valence-electron chi connectivity index (χ4n) is 1.85. The van der Waals surface area contributed by atoms with Crippen LogP contribution in [0.5, 0.6) is 0 Å². The van der Waals surface area contributed by atoms with Crippen molar-refractivity contribution < 1.29 is 0 Å². The number of hydrogen-bond acceptors (Lipinski definition) is 2. The quantitative estimate of drug-likeness (QED) is 0.826. The van der Waals surface area contributed by atoms with Gasteiger partial charge in [-0.15, -0.1) is 0 Å². The standard InChI is InChI=1S/C13H19N3/c1-9(8-14)6-7-12-15-11-5-3-4-10(2)13(11)16-12/h3-5,9H,6-8,14H2,1-2H3,(H,15,16). The summed E-state index contributed by atoms with van der Waals surface area (Å²) in [6.07, 6.45) is 2.07. The summed E-state index contributed by atoms with van der Waals surface area (Å²) in [5.41, 5.74) is 9.06. The Bertz CT molecular complexity index is 473. The first-order valence-corrected chi connectivity index (χ1v) is 5.85. The number of benzene rings is 1. The molecule has 3 N–H and O–H groups in total. The molecule has 0 aliphatic carbocycles. The highest BCUT2D eigenvalue weighted by molar-refractivity contribution is 5.78. The van der Waals surface area contributed by atoms with Crippen molar-refractivity contribution >= 4 is 11.0 Å². The van der Waals surface area contributed by atoms with Crippen molar-refractivity contribution in [3.8, 4) is 0 Å². The number of aromatic nitrogens is 2. The topological polar surface area (TPSA) is 54.7 Å². The summed E-state index contributed by atoms with van der Waals surface area (Å²) in [6.45, 7) is 5.02. The third-order valence-electron chi connectivity index (χ3n) is 3.04. The minimum absolute atomic E-state index is 0.564. The highest BCUT2D eigenvalue weighted by atomic mass is 14.9. The Kier molecular flexibility index (Phi) is 3.25. The number of aromatic amines is 1. The normalized spacial score (nSPS) is 13.2. The largest absolute Gasteiger partial charge is 0.342 e. The van der Waals surface area contributed by atoms with Crippen LogP contribution in [0.2, 0.25) is 0 Å². The van der Waals surface area contributed by atoms with Gasteiger partial charge < -0.3 is 10.7 Å². The zero-order valence-corrected chi connectivity index (χ0v) is 9.96. The van der Waals surface area contributed by atoms with Crippen LogP contribution in [0.25, 0.3) is 11.0 Å². The van der Waals surface area contributed by atoms with Crippen molar-refractivity contribution in [2.45, 2.75) is 26.7 Å². The van der Waals surface area contributed by atoms with E-state index in [1.54, 1.807) is 0 Å². The predicted octanol–water partition coefficient (Wildman–Crippen LogP) is 2.40. The second-order valence-electron chi connectivity index (χ2n) is 4.53. The van der Waals surface area contributed by atoms with E-state index in [-0.39, 0.29) is 0 Å². The van der Waals surface area contributed by atoms with E-state index < -0.39 is 0 Å². The molecule has 1 aromatic carbocycles. The molecule has 0 amide bonds. The van der Waals surface area contributed by atoms with Crippen molar-refractivity contribution in [1.29, 1.82) is 0 Å². The van der Waals surface area contributed by atoms with Gasteiger partial charge in [-0.25, -0.2) is 4.98 Å². The minimum atomic E-state index is 0.564. The molecule has 0 spiro atoms. The average Bonchev–Trinajstić information content (AvgIpc) is 2.70. The van der Waals surface area contributed by atoms with Crippen molar-refractivity contribution in [3.05, 3.63) is 29.6 Å². The van der Waals surface area contributed by atoms with Crippen LogP contribution in [-0.4, -0.2) is 16.5 Å². The lowest BCUT2D eigenvalue weighted by atomic mass is 10.1. The Morgan fingerprint density at radius 3 is 2.94 bits per heavy atom. The highest BCUT2D eigenvalue weighted by Crippen LogP contribution is 2.16. The molecule has 0 radical (unpaired) electrons. The van der Waals surface area contributed by atoms with Crippen LogP contribution in [0.1, 0.15) is 24.7 Å². The molecule has 0 saturated carbocycles. The van der Waals surface area contributed by atoms with Gasteiger partial charge in [0, 0.05) is 6.42 Å². The van der Waals surface area contributed by atoms with Gasteiger partial charge in [-0.1, -0.05) is 19.1 Å². The summed E-state index contributed by atoms with van der Waals surface area (Å²) >= 11 is 0. The number of para-hydroxylation sites is 1. The van der Waals surface area contributed by atoms with Gasteiger partial charge in [-0.3, -0.25) is 0 Å². The fourth-order valence-corrected chi connectivity index (χ4v) is 1.85. The van der Waals surface area contributed by atoms with E-state index in [9.17, 15) is 0 Å². The lowest BCUT2D eigenvalue weighted by Gasteiger charge is -2.05. The first kappa shape index (κ1) is 11.1. The number of nitrogens with zero attached hydrogens (tertiary/aromatic N) is 1. The minimum Gasteiger partial charge on any atom is -0.342 e. The van der Waals surface area contributed by atoms with Gasteiger partial charge in [0.2, 0.25) is 0 Å². The molecule has 0 saturated heterocycles. The Morgan fingerprint density at radius 2 is 2.25 bits per heavy atom. The van der Waals surface area contributed by atoms with Crippen LogP contribution in [0, 0.1) is 12.8 Å².